The number of pyridine rings is 1. The minimum atomic E-state index is -0.161. The lowest BCUT2D eigenvalue weighted by Gasteiger charge is -2.34. The molecule has 3 aromatic heterocycles. The van der Waals surface area contributed by atoms with Crippen LogP contribution < -0.4 is 20.7 Å². The molecule has 7 rings (SSSR count). The Hall–Kier alpha value is -4.18. The molecule has 40 heavy (non-hydrogen) atoms. The number of hydrogen-bond donors (Lipinski definition) is 1. The lowest BCUT2D eigenvalue weighted by Crippen LogP contribution is -2.44. The summed E-state index contributed by atoms with van der Waals surface area (Å²) in [5.41, 5.74) is 4.04. The molecule has 1 saturated heterocycles. The zero-order valence-electron chi connectivity index (χ0n) is 23.2. The first-order valence-corrected chi connectivity index (χ1v) is 14.2. The average Bonchev–Trinajstić information content (AvgIpc) is 3.62. The zero-order chi connectivity index (χ0) is 27.4. The lowest BCUT2D eigenvalue weighted by atomic mass is 10.0. The van der Waals surface area contributed by atoms with Crippen LogP contribution in [-0.4, -0.2) is 75.5 Å². The normalized spacial score (nSPS) is 17.9. The Balaban J connectivity index is 1.24. The third kappa shape index (κ3) is 4.05. The number of fused-ring (bicyclic) bond motifs is 3. The number of nitrogens with zero attached hydrogens (tertiary/aromatic N) is 8. The number of anilines is 4. The van der Waals surface area contributed by atoms with Gasteiger partial charge in [-0.25, -0.2) is 19.3 Å². The molecular weight excluding hydrogens is 502 g/mol. The summed E-state index contributed by atoms with van der Waals surface area (Å²) >= 11 is 0. The fourth-order valence-electron chi connectivity index (χ4n) is 6.13. The summed E-state index contributed by atoms with van der Waals surface area (Å²) in [7, 11) is 2.16. The molecule has 2 fully saturated rings. The van der Waals surface area contributed by atoms with Crippen molar-refractivity contribution in [3.63, 3.8) is 0 Å². The second kappa shape index (κ2) is 9.48. The Bertz CT molecular complexity index is 1640. The molecule has 4 aromatic rings. The highest BCUT2D eigenvalue weighted by atomic mass is 16.1. The van der Waals surface area contributed by atoms with Gasteiger partial charge in [0.15, 0.2) is 11.5 Å². The summed E-state index contributed by atoms with van der Waals surface area (Å²) in [6, 6.07) is 12.6. The molecule has 1 saturated carbocycles. The van der Waals surface area contributed by atoms with Gasteiger partial charge in [-0.05, 0) is 57.1 Å². The summed E-state index contributed by atoms with van der Waals surface area (Å²) in [4.78, 5) is 34.9. The van der Waals surface area contributed by atoms with E-state index in [9.17, 15) is 4.79 Å². The van der Waals surface area contributed by atoms with Gasteiger partial charge in [-0.2, -0.15) is 4.98 Å². The van der Waals surface area contributed by atoms with E-state index in [1.807, 2.05) is 22.9 Å². The molecule has 10 heteroatoms. The minimum Gasteiger partial charge on any atom is -0.369 e. The van der Waals surface area contributed by atoms with Crippen LogP contribution in [0.2, 0.25) is 0 Å². The molecule has 0 bridgehead atoms. The highest BCUT2D eigenvalue weighted by Gasteiger charge is 2.52. The van der Waals surface area contributed by atoms with Crippen LogP contribution in [0.25, 0.3) is 16.9 Å². The number of benzene rings is 1. The fourth-order valence-corrected chi connectivity index (χ4v) is 6.13. The standard InChI is InChI=1S/C30H35N9O/c1-4-14-38-28(40)23-19-31-29(32-21-6-8-22(9-7-21)37-17-15-35(3)16-18-37)34-26(23)39(38)25-11-10-24-27(33-25)36(5-2)20-30(24)12-13-30/h4,6-11,19H,1,5,12-18,20H2,2-3H3,(H,31,32,34). The van der Waals surface area contributed by atoms with Gasteiger partial charge in [-0.3, -0.25) is 4.79 Å². The molecule has 1 aromatic carbocycles. The number of piperazine rings is 1. The van der Waals surface area contributed by atoms with E-state index >= 15 is 0 Å². The number of hydrogen-bond acceptors (Lipinski definition) is 8. The quantitative estimate of drug-likeness (QED) is 0.359. The van der Waals surface area contributed by atoms with Crippen molar-refractivity contribution in [2.75, 3.05) is 61.4 Å². The average molecular weight is 538 g/mol. The highest BCUT2D eigenvalue weighted by molar-refractivity contribution is 5.77. The van der Waals surface area contributed by atoms with E-state index in [0.717, 1.165) is 50.8 Å². The first-order chi connectivity index (χ1) is 19.5. The van der Waals surface area contributed by atoms with Crippen LogP contribution in [0.3, 0.4) is 0 Å². The predicted octanol–water partition coefficient (Wildman–Crippen LogP) is 3.53. The molecule has 2 aliphatic heterocycles. The van der Waals surface area contributed by atoms with E-state index in [1.54, 1.807) is 17.0 Å². The van der Waals surface area contributed by atoms with Gasteiger partial charge < -0.3 is 20.0 Å². The molecule has 0 atom stereocenters. The molecule has 3 aliphatic rings. The van der Waals surface area contributed by atoms with Crippen molar-refractivity contribution in [2.24, 2.45) is 0 Å². The second-order valence-corrected chi connectivity index (χ2v) is 11.2. The van der Waals surface area contributed by atoms with E-state index < -0.39 is 0 Å². The maximum absolute atomic E-state index is 13.4. The van der Waals surface area contributed by atoms with Gasteiger partial charge in [0.25, 0.3) is 5.56 Å². The third-order valence-electron chi connectivity index (χ3n) is 8.65. The maximum Gasteiger partial charge on any atom is 0.278 e. The molecular formula is C30H35N9O. The Morgan fingerprint density at radius 2 is 1.82 bits per heavy atom. The minimum absolute atomic E-state index is 0.161. The lowest BCUT2D eigenvalue weighted by molar-refractivity contribution is 0.313. The van der Waals surface area contributed by atoms with Crippen LogP contribution in [0.4, 0.5) is 23.1 Å². The van der Waals surface area contributed by atoms with Gasteiger partial charge in [0.05, 0.1) is 6.54 Å². The smallest absolute Gasteiger partial charge is 0.278 e. The van der Waals surface area contributed by atoms with Crippen molar-refractivity contribution in [1.82, 2.24) is 29.2 Å². The van der Waals surface area contributed by atoms with E-state index in [2.05, 4.69) is 63.7 Å². The largest absolute Gasteiger partial charge is 0.369 e. The van der Waals surface area contributed by atoms with Gasteiger partial charge in [0, 0.05) is 67.8 Å². The van der Waals surface area contributed by atoms with Gasteiger partial charge in [0.2, 0.25) is 5.95 Å². The SMILES string of the molecule is C=CCn1c(=O)c2cnc(Nc3ccc(N4CCN(C)CC4)cc3)nc2n1-c1ccc2c(n1)N(CC)CC21CC1. The third-order valence-corrected chi connectivity index (χ3v) is 8.65. The van der Waals surface area contributed by atoms with E-state index in [4.69, 9.17) is 9.97 Å². The number of aromatic nitrogens is 5. The molecule has 206 valence electrons. The van der Waals surface area contributed by atoms with Crippen molar-refractivity contribution >= 4 is 34.2 Å². The second-order valence-electron chi connectivity index (χ2n) is 11.2. The maximum atomic E-state index is 13.4. The Morgan fingerprint density at radius 3 is 2.52 bits per heavy atom. The summed E-state index contributed by atoms with van der Waals surface area (Å²) in [6.07, 6.45) is 5.75. The Labute approximate surface area is 233 Å². The van der Waals surface area contributed by atoms with Crippen LogP contribution in [0.15, 0.2) is 60.0 Å². The van der Waals surface area contributed by atoms with Gasteiger partial charge in [0.1, 0.15) is 11.2 Å². The molecule has 0 radical (unpaired) electrons. The van der Waals surface area contributed by atoms with Crippen molar-refractivity contribution in [2.45, 2.75) is 31.7 Å². The van der Waals surface area contributed by atoms with Crippen LogP contribution >= 0.6 is 0 Å². The first-order valence-electron chi connectivity index (χ1n) is 14.2. The summed E-state index contributed by atoms with van der Waals surface area (Å²) in [5, 5.41) is 3.78. The predicted molar refractivity (Wildman–Crippen MR) is 159 cm³/mol. The highest BCUT2D eigenvalue weighted by Crippen LogP contribution is 2.55. The van der Waals surface area contributed by atoms with Crippen LogP contribution in [0.1, 0.15) is 25.3 Å². The van der Waals surface area contributed by atoms with Crippen LogP contribution in [0.5, 0.6) is 0 Å². The molecule has 0 amide bonds. The molecule has 1 spiro atoms. The number of nitrogens with one attached hydrogen (secondary N) is 1. The van der Waals surface area contributed by atoms with Gasteiger partial charge in [-0.15, -0.1) is 6.58 Å². The Morgan fingerprint density at radius 1 is 1.05 bits per heavy atom. The molecule has 1 aliphatic carbocycles. The van der Waals surface area contributed by atoms with Crippen molar-refractivity contribution in [3.8, 4) is 5.82 Å². The molecule has 0 unspecified atom stereocenters. The number of rotatable bonds is 7. The van der Waals surface area contributed by atoms with Crippen molar-refractivity contribution in [1.29, 1.82) is 0 Å². The number of likely N-dealkylation sites (N-methyl/N-ethyl adjacent to an activating group) is 2. The summed E-state index contributed by atoms with van der Waals surface area (Å²) in [6.45, 7) is 12.5. The van der Waals surface area contributed by atoms with Gasteiger partial charge in [-0.1, -0.05) is 12.1 Å². The molecule has 5 heterocycles. The summed E-state index contributed by atoms with van der Waals surface area (Å²) in [5.74, 6) is 2.12. The van der Waals surface area contributed by atoms with Crippen LogP contribution in [0, 0.1) is 0 Å². The number of allylic oxidation sites excluding steroid dienone is 1. The van der Waals surface area contributed by atoms with Crippen molar-refractivity contribution < 1.29 is 0 Å². The zero-order valence-corrected chi connectivity index (χ0v) is 23.2. The molecule has 1 N–H and O–H groups in total. The first kappa shape index (κ1) is 24.8. The van der Waals surface area contributed by atoms with Crippen LogP contribution in [-0.2, 0) is 12.0 Å². The van der Waals surface area contributed by atoms with Crippen molar-refractivity contribution in [3.05, 3.63) is 71.2 Å². The van der Waals surface area contributed by atoms with E-state index in [0.29, 0.717) is 29.3 Å². The fraction of sp³-hybridized carbons (Fsp3) is 0.400. The summed E-state index contributed by atoms with van der Waals surface area (Å²) < 4.78 is 3.45. The monoisotopic (exact) mass is 537 g/mol. The van der Waals surface area contributed by atoms with E-state index in [-0.39, 0.29) is 11.0 Å². The van der Waals surface area contributed by atoms with Gasteiger partial charge >= 0.3 is 0 Å². The topological polar surface area (TPSA) is 87.3 Å². The van der Waals surface area contributed by atoms with E-state index in [1.165, 1.54) is 24.1 Å². The molecule has 10 nitrogen and oxygen atoms in total. The Kier molecular flexibility index (Phi) is 5.88.